The number of rotatable bonds is 5. The Morgan fingerprint density at radius 1 is 1.26 bits per heavy atom. The molecule has 0 bridgehead atoms. The highest BCUT2D eigenvalue weighted by Gasteiger charge is 2.31. The number of hydrogen-bond donors (Lipinski definition) is 1. The van der Waals surface area contributed by atoms with Crippen LogP contribution in [0.1, 0.15) is 44.6 Å². The minimum atomic E-state index is 0.796. The first-order chi connectivity index (χ1) is 9.36. The largest absolute Gasteiger partial charge is 0.314 e. The standard InChI is InChI=1S/C17H25NS/c1-2-10-18-16-8-5-7-13(16)11-15-12-14-6-3-4-9-17(14)19-15/h3-4,6,9,13,15-16,18H,2,5,7-8,10-12H2,1H3. The summed E-state index contributed by atoms with van der Waals surface area (Å²) in [6.07, 6.45) is 8.21. The molecule has 1 heterocycles. The molecule has 0 saturated heterocycles. The van der Waals surface area contributed by atoms with E-state index in [0.29, 0.717) is 0 Å². The van der Waals surface area contributed by atoms with Crippen LogP contribution in [0.2, 0.25) is 0 Å². The molecular formula is C17H25NS. The Morgan fingerprint density at radius 2 is 2.16 bits per heavy atom. The minimum absolute atomic E-state index is 0.796. The summed E-state index contributed by atoms with van der Waals surface area (Å²) in [4.78, 5) is 1.53. The predicted molar refractivity (Wildman–Crippen MR) is 83.8 cm³/mol. The molecule has 1 N–H and O–H groups in total. The highest BCUT2D eigenvalue weighted by Crippen LogP contribution is 2.42. The van der Waals surface area contributed by atoms with E-state index in [2.05, 4.69) is 48.3 Å². The van der Waals surface area contributed by atoms with Crippen LogP contribution < -0.4 is 5.32 Å². The van der Waals surface area contributed by atoms with E-state index in [9.17, 15) is 0 Å². The average Bonchev–Trinajstić information content (AvgIpc) is 3.02. The predicted octanol–water partition coefficient (Wildman–Crippen LogP) is 4.26. The molecule has 0 spiro atoms. The molecule has 1 nitrogen and oxygen atoms in total. The van der Waals surface area contributed by atoms with Gasteiger partial charge in [0, 0.05) is 16.2 Å². The lowest BCUT2D eigenvalue weighted by Gasteiger charge is -2.23. The van der Waals surface area contributed by atoms with Gasteiger partial charge in [-0.25, -0.2) is 0 Å². The Balaban J connectivity index is 1.55. The zero-order valence-corrected chi connectivity index (χ0v) is 12.7. The zero-order chi connectivity index (χ0) is 13.1. The Morgan fingerprint density at radius 3 is 3.00 bits per heavy atom. The van der Waals surface area contributed by atoms with Gasteiger partial charge in [0.05, 0.1) is 0 Å². The Labute approximate surface area is 121 Å². The van der Waals surface area contributed by atoms with Crippen molar-refractivity contribution in [1.29, 1.82) is 0 Å². The number of fused-ring (bicyclic) bond motifs is 1. The molecule has 1 aliphatic carbocycles. The number of hydrogen-bond acceptors (Lipinski definition) is 2. The lowest BCUT2D eigenvalue weighted by atomic mass is 9.95. The molecule has 3 atom stereocenters. The Kier molecular flexibility index (Phi) is 4.49. The van der Waals surface area contributed by atoms with Crippen molar-refractivity contribution in [2.24, 2.45) is 5.92 Å². The summed E-state index contributed by atoms with van der Waals surface area (Å²) in [6, 6.07) is 9.76. The third-order valence-electron chi connectivity index (χ3n) is 4.60. The first-order valence-electron chi connectivity index (χ1n) is 7.84. The maximum atomic E-state index is 3.77. The maximum Gasteiger partial charge on any atom is 0.0138 e. The summed E-state index contributed by atoms with van der Waals surface area (Å²) in [6.45, 7) is 3.46. The third-order valence-corrected chi connectivity index (χ3v) is 5.94. The van der Waals surface area contributed by atoms with Gasteiger partial charge in [-0.1, -0.05) is 31.5 Å². The summed E-state index contributed by atoms with van der Waals surface area (Å²) >= 11 is 2.12. The fourth-order valence-electron chi connectivity index (χ4n) is 3.64. The van der Waals surface area contributed by atoms with Gasteiger partial charge in [0.15, 0.2) is 0 Å². The Hall–Kier alpha value is -0.470. The van der Waals surface area contributed by atoms with Gasteiger partial charge in [0.1, 0.15) is 0 Å². The van der Waals surface area contributed by atoms with E-state index in [1.54, 1.807) is 5.56 Å². The lowest BCUT2D eigenvalue weighted by Crippen LogP contribution is -2.34. The van der Waals surface area contributed by atoms with Gasteiger partial charge in [-0.15, -0.1) is 11.8 Å². The molecule has 0 radical (unpaired) electrons. The van der Waals surface area contributed by atoms with Gasteiger partial charge in [-0.2, -0.15) is 0 Å². The quantitative estimate of drug-likeness (QED) is 0.861. The molecule has 1 aromatic rings. The van der Waals surface area contributed by atoms with Crippen molar-refractivity contribution in [2.45, 2.75) is 61.6 Å². The van der Waals surface area contributed by atoms with Crippen LogP contribution in [0.4, 0.5) is 0 Å². The van der Waals surface area contributed by atoms with Crippen LogP contribution in [0.5, 0.6) is 0 Å². The molecule has 3 rings (SSSR count). The third kappa shape index (κ3) is 3.17. The van der Waals surface area contributed by atoms with Crippen molar-refractivity contribution in [3.8, 4) is 0 Å². The molecule has 1 aromatic carbocycles. The van der Waals surface area contributed by atoms with E-state index in [1.165, 1.54) is 50.0 Å². The highest BCUT2D eigenvalue weighted by molar-refractivity contribution is 8.00. The SMILES string of the molecule is CCCNC1CCCC1CC1Cc2ccccc2S1. The van der Waals surface area contributed by atoms with E-state index >= 15 is 0 Å². The first kappa shape index (κ1) is 13.5. The maximum absolute atomic E-state index is 3.77. The number of nitrogens with one attached hydrogen (secondary N) is 1. The van der Waals surface area contributed by atoms with Crippen molar-refractivity contribution in [2.75, 3.05) is 6.54 Å². The second-order valence-electron chi connectivity index (χ2n) is 6.04. The fourth-order valence-corrected chi connectivity index (χ4v) is 5.07. The van der Waals surface area contributed by atoms with E-state index in [1.807, 2.05) is 0 Å². The molecule has 1 fully saturated rings. The molecule has 1 saturated carbocycles. The summed E-state index contributed by atoms with van der Waals surface area (Å²) in [5.74, 6) is 0.915. The van der Waals surface area contributed by atoms with Crippen molar-refractivity contribution in [3.63, 3.8) is 0 Å². The van der Waals surface area contributed by atoms with Crippen LogP contribution in [-0.4, -0.2) is 17.8 Å². The summed E-state index contributed by atoms with van der Waals surface area (Å²) in [5.41, 5.74) is 1.58. The summed E-state index contributed by atoms with van der Waals surface area (Å²) in [5, 5.41) is 4.59. The molecule has 2 aliphatic rings. The monoisotopic (exact) mass is 275 g/mol. The zero-order valence-electron chi connectivity index (χ0n) is 11.9. The molecular weight excluding hydrogens is 250 g/mol. The van der Waals surface area contributed by atoms with E-state index in [-0.39, 0.29) is 0 Å². The number of thioether (sulfide) groups is 1. The molecule has 104 valence electrons. The highest BCUT2D eigenvalue weighted by atomic mass is 32.2. The van der Waals surface area contributed by atoms with Gasteiger partial charge >= 0.3 is 0 Å². The second kappa shape index (κ2) is 6.32. The van der Waals surface area contributed by atoms with Crippen LogP contribution in [-0.2, 0) is 6.42 Å². The van der Waals surface area contributed by atoms with E-state index in [4.69, 9.17) is 0 Å². The summed E-state index contributed by atoms with van der Waals surface area (Å²) < 4.78 is 0. The van der Waals surface area contributed by atoms with Gasteiger partial charge < -0.3 is 5.32 Å². The van der Waals surface area contributed by atoms with E-state index < -0.39 is 0 Å². The molecule has 19 heavy (non-hydrogen) atoms. The van der Waals surface area contributed by atoms with Crippen molar-refractivity contribution in [3.05, 3.63) is 29.8 Å². The van der Waals surface area contributed by atoms with Crippen LogP contribution in [0.3, 0.4) is 0 Å². The van der Waals surface area contributed by atoms with Gasteiger partial charge in [-0.3, -0.25) is 0 Å². The molecule has 1 aliphatic heterocycles. The fraction of sp³-hybridized carbons (Fsp3) is 0.647. The molecule has 0 aromatic heterocycles. The second-order valence-corrected chi connectivity index (χ2v) is 7.38. The molecule has 2 heteroatoms. The molecule has 3 unspecified atom stereocenters. The van der Waals surface area contributed by atoms with Crippen molar-refractivity contribution >= 4 is 11.8 Å². The van der Waals surface area contributed by atoms with Crippen LogP contribution in [0, 0.1) is 5.92 Å². The normalized spacial score (nSPS) is 29.6. The lowest BCUT2D eigenvalue weighted by molar-refractivity contribution is 0.376. The van der Waals surface area contributed by atoms with Crippen LogP contribution >= 0.6 is 11.8 Å². The topological polar surface area (TPSA) is 12.0 Å². The van der Waals surface area contributed by atoms with Gasteiger partial charge in [0.2, 0.25) is 0 Å². The molecule has 0 amide bonds. The van der Waals surface area contributed by atoms with Gasteiger partial charge in [0.25, 0.3) is 0 Å². The number of benzene rings is 1. The Bertz CT molecular complexity index is 392. The van der Waals surface area contributed by atoms with Crippen molar-refractivity contribution in [1.82, 2.24) is 5.32 Å². The van der Waals surface area contributed by atoms with Crippen molar-refractivity contribution < 1.29 is 0 Å². The van der Waals surface area contributed by atoms with E-state index in [0.717, 1.165) is 17.2 Å². The van der Waals surface area contributed by atoms with Gasteiger partial charge in [-0.05, 0) is 56.2 Å². The average molecular weight is 275 g/mol. The van der Waals surface area contributed by atoms with Crippen LogP contribution in [0.15, 0.2) is 29.2 Å². The first-order valence-corrected chi connectivity index (χ1v) is 8.72. The minimum Gasteiger partial charge on any atom is -0.314 e. The van der Waals surface area contributed by atoms with Crippen LogP contribution in [0.25, 0.3) is 0 Å². The summed E-state index contributed by atoms with van der Waals surface area (Å²) in [7, 11) is 0. The smallest absolute Gasteiger partial charge is 0.0138 e.